The molecule has 0 saturated carbocycles. The monoisotopic (exact) mass is 435 g/mol. The Balaban J connectivity index is 1.91. The SMILES string of the molecule is CCCCCCCCCC(=O)NCc1ccc(OC)c(-c2c(Cl)cccc2Cl)c1. The molecule has 0 aliphatic carbocycles. The molecular weight excluding hydrogens is 405 g/mol. The number of carbonyl (C=O) groups is 1. The van der Waals surface area contributed by atoms with E-state index in [4.69, 9.17) is 27.9 Å². The van der Waals surface area contributed by atoms with Crippen molar-refractivity contribution < 1.29 is 9.53 Å². The lowest BCUT2D eigenvalue weighted by molar-refractivity contribution is -0.121. The van der Waals surface area contributed by atoms with Crippen LogP contribution in [0.3, 0.4) is 0 Å². The Labute approximate surface area is 184 Å². The van der Waals surface area contributed by atoms with E-state index in [1.165, 1.54) is 32.1 Å². The van der Waals surface area contributed by atoms with Gasteiger partial charge in [0.15, 0.2) is 0 Å². The molecular formula is C24H31Cl2NO2. The van der Waals surface area contributed by atoms with Gasteiger partial charge in [-0.2, -0.15) is 0 Å². The summed E-state index contributed by atoms with van der Waals surface area (Å²) in [5, 5.41) is 4.14. The Kier molecular flexibility index (Phi) is 10.4. The Morgan fingerprint density at radius 1 is 0.966 bits per heavy atom. The molecule has 0 bridgehead atoms. The number of halogens is 2. The molecule has 5 heteroatoms. The van der Waals surface area contributed by atoms with Crippen LogP contribution in [0.1, 0.15) is 63.9 Å². The molecule has 1 amide bonds. The lowest BCUT2D eigenvalue weighted by Crippen LogP contribution is -2.22. The van der Waals surface area contributed by atoms with Crippen molar-refractivity contribution in [3.05, 3.63) is 52.0 Å². The zero-order valence-electron chi connectivity index (χ0n) is 17.4. The third kappa shape index (κ3) is 7.56. The highest BCUT2D eigenvalue weighted by molar-refractivity contribution is 6.39. The average Bonchev–Trinajstić information content (AvgIpc) is 2.71. The number of nitrogens with one attached hydrogen (secondary N) is 1. The summed E-state index contributed by atoms with van der Waals surface area (Å²) < 4.78 is 5.49. The molecule has 0 saturated heterocycles. The van der Waals surface area contributed by atoms with E-state index in [2.05, 4.69) is 12.2 Å². The molecule has 0 spiro atoms. The van der Waals surface area contributed by atoms with Gasteiger partial charge in [0.1, 0.15) is 5.75 Å². The summed E-state index contributed by atoms with van der Waals surface area (Å²) in [6.45, 7) is 2.69. The van der Waals surface area contributed by atoms with E-state index in [-0.39, 0.29) is 5.91 Å². The van der Waals surface area contributed by atoms with Crippen molar-refractivity contribution in [1.29, 1.82) is 0 Å². The van der Waals surface area contributed by atoms with Gasteiger partial charge in [-0.25, -0.2) is 0 Å². The van der Waals surface area contributed by atoms with Crippen molar-refractivity contribution in [3.63, 3.8) is 0 Å². The third-order valence-corrected chi connectivity index (χ3v) is 5.62. The fraction of sp³-hybridized carbons (Fsp3) is 0.458. The van der Waals surface area contributed by atoms with Gasteiger partial charge in [0.2, 0.25) is 5.91 Å². The van der Waals surface area contributed by atoms with Gasteiger partial charge >= 0.3 is 0 Å². The van der Waals surface area contributed by atoms with Crippen molar-refractivity contribution >= 4 is 29.1 Å². The second-order valence-electron chi connectivity index (χ2n) is 7.28. The van der Waals surface area contributed by atoms with Gasteiger partial charge in [0, 0.05) is 24.1 Å². The summed E-state index contributed by atoms with van der Waals surface area (Å²) in [5.74, 6) is 0.782. The summed E-state index contributed by atoms with van der Waals surface area (Å²) in [6, 6.07) is 11.2. The molecule has 29 heavy (non-hydrogen) atoms. The highest BCUT2D eigenvalue weighted by Gasteiger charge is 2.14. The largest absolute Gasteiger partial charge is 0.496 e. The first-order valence-electron chi connectivity index (χ1n) is 10.4. The van der Waals surface area contributed by atoms with Crippen LogP contribution in [0.25, 0.3) is 11.1 Å². The zero-order valence-corrected chi connectivity index (χ0v) is 18.9. The smallest absolute Gasteiger partial charge is 0.220 e. The molecule has 1 N–H and O–H groups in total. The van der Waals surface area contributed by atoms with E-state index in [0.29, 0.717) is 28.8 Å². The number of hydrogen-bond donors (Lipinski definition) is 1. The minimum Gasteiger partial charge on any atom is -0.496 e. The van der Waals surface area contributed by atoms with Crippen LogP contribution in [-0.2, 0) is 11.3 Å². The Morgan fingerprint density at radius 2 is 1.62 bits per heavy atom. The molecule has 0 aliphatic heterocycles. The maximum atomic E-state index is 12.2. The van der Waals surface area contributed by atoms with Crippen molar-refractivity contribution in [1.82, 2.24) is 5.32 Å². The minimum atomic E-state index is 0.0895. The van der Waals surface area contributed by atoms with Gasteiger partial charge in [0.05, 0.1) is 17.2 Å². The third-order valence-electron chi connectivity index (χ3n) is 4.99. The summed E-state index contributed by atoms with van der Waals surface area (Å²) in [7, 11) is 1.62. The van der Waals surface area contributed by atoms with Crippen LogP contribution in [-0.4, -0.2) is 13.0 Å². The van der Waals surface area contributed by atoms with Gasteiger partial charge < -0.3 is 10.1 Å². The normalized spacial score (nSPS) is 10.8. The van der Waals surface area contributed by atoms with E-state index in [0.717, 1.165) is 29.5 Å². The van der Waals surface area contributed by atoms with Crippen LogP contribution >= 0.6 is 23.2 Å². The maximum absolute atomic E-state index is 12.2. The average molecular weight is 436 g/mol. The van der Waals surface area contributed by atoms with Crippen molar-refractivity contribution in [3.8, 4) is 16.9 Å². The van der Waals surface area contributed by atoms with Crippen LogP contribution in [0, 0.1) is 0 Å². The van der Waals surface area contributed by atoms with Crippen LogP contribution in [0.4, 0.5) is 0 Å². The van der Waals surface area contributed by atoms with Crippen molar-refractivity contribution in [2.45, 2.75) is 64.8 Å². The molecule has 3 nitrogen and oxygen atoms in total. The number of methoxy groups -OCH3 is 1. The summed E-state index contributed by atoms with van der Waals surface area (Å²) in [4.78, 5) is 12.2. The summed E-state index contributed by atoms with van der Waals surface area (Å²) >= 11 is 12.7. The second kappa shape index (κ2) is 12.8. The predicted molar refractivity (Wildman–Crippen MR) is 123 cm³/mol. The molecule has 0 aromatic heterocycles. The molecule has 2 rings (SSSR count). The van der Waals surface area contributed by atoms with Gasteiger partial charge in [-0.3, -0.25) is 4.79 Å². The minimum absolute atomic E-state index is 0.0895. The molecule has 0 unspecified atom stereocenters. The van der Waals surface area contributed by atoms with E-state index in [1.807, 2.05) is 24.3 Å². The standard InChI is InChI=1S/C24H31Cl2NO2/c1-3-4-5-6-7-8-9-13-23(28)27-17-18-14-15-22(29-2)19(16-18)24-20(25)11-10-12-21(24)26/h10-12,14-16H,3-9,13,17H2,1-2H3,(H,27,28). The van der Waals surface area contributed by atoms with Gasteiger partial charge in [-0.05, 0) is 36.2 Å². The first kappa shape index (κ1) is 23.6. The van der Waals surface area contributed by atoms with Crippen LogP contribution in [0.5, 0.6) is 5.75 Å². The molecule has 0 fully saturated rings. The molecule has 2 aromatic rings. The Bertz CT molecular complexity index is 772. The Hall–Kier alpha value is -1.71. The number of hydrogen-bond acceptors (Lipinski definition) is 2. The number of amides is 1. The number of benzene rings is 2. The van der Waals surface area contributed by atoms with Crippen LogP contribution in [0.2, 0.25) is 10.0 Å². The lowest BCUT2D eigenvalue weighted by Gasteiger charge is -2.14. The summed E-state index contributed by atoms with van der Waals surface area (Å²) in [6.07, 6.45) is 9.01. The van der Waals surface area contributed by atoms with Gasteiger partial charge in [-0.15, -0.1) is 0 Å². The fourth-order valence-electron chi connectivity index (χ4n) is 3.35. The predicted octanol–water partition coefficient (Wildman–Crippen LogP) is 7.43. The zero-order chi connectivity index (χ0) is 21.1. The molecule has 0 radical (unpaired) electrons. The fourth-order valence-corrected chi connectivity index (χ4v) is 3.95. The van der Waals surface area contributed by atoms with E-state index in [1.54, 1.807) is 19.2 Å². The van der Waals surface area contributed by atoms with Crippen LogP contribution < -0.4 is 10.1 Å². The maximum Gasteiger partial charge on any atom is 0.220 e. The first-order valence-corrected chi connectivity index (χ1v) is 11.2. The number of unbranched alkanes of at least 4 members (excludes halogenated alkanes) is 6. The second-order valence-corrected chi connectivity index (χ2v) is 8.09. The Morgan fingerprint density at radius 3 is 2.28 bits per heavy atom. The molecule has 2 aromatic carbocycles. The molecule has 0 aliphatic rings. The number of carbonyl (C=O) groups excluding carboxylic acids is 1. The topological polar surface area (TPSA) is 38.3 Å². The quantitative estimate of drug-likeness (QED) is 0.352. The van der Waals surface area contributed by atoms with E-state index in [9.17, 15) is 4.79 Å². The van der Waals surface area contributed by atoms with Gasteiger partial charge in [0.25, 0.3) is 0 Å². The van der Waals surface area contributed by atoms with Gasteiger partial charge in [-0.1, -0.05) is 80.8 Å². The van der Waals surface area contributed by atoms with Crippen molar-refractivity contribution in [2.75, 3.05) is 7.11 Å². The number of ether oxygens (including phenoxy) is 1. The first-order chi connectivity index (χ1) is 14.1. The highest BCUT2D eigenvalue weighted by Crippen LogP contribution is 2.40. The molecule has 158 valence electrons. The summed E-state index contributed by atoms with van der Waals surface area (Å²) in [5.41, 5.74) is 2.54. The molecule has 0 atom stereocenters. The van der Waals surface area contributed by atoms with Crippen molar-refractivity contribution in [2.24, 2.45) is 0 Å². The van der Waals surface area contributed by atoms with E-state index < -0.39 is 0 Å². The lowest BCUT2D eigenvalue weighted by atomic mass is 10.0. The molecule has 0 heterocycles. The van der Waals surface area contributed by atoms with E-state index >= 15 is 0 Å². The van der Waals surface area contributed by atoms with Crippen LogP contribution in [0.15, 0.2) is 36.4 Å². The highest BCUT2D eigenvalue weighted by atomic mass is 35.5. The number of rotatable bonds is 12.